The Morgan fingerprint density at radius 1 is 1.44 bits per heavy atom. The molecule has 1 fully saturated rings. The number of nitrogens with one attached hydrogen (secondary N) is 1. The van der Waals surface area contributed by atoms with E-state index >= 15 is 0 Å². The lowest BCUT2D eigenvalue weighted by Gasteiger charge is -2.18. The summed E-state index contributed by atoms with van der Waals surface area (Å²) >= 11 is 0. The van der Waals surface area contributed by atoms with E-state index in [9.17, 15) is 9.90 Å². The Morgan fingerprint density at radius 2 is 2.12 bits per heavy atom. The van der Waals surface area contributed by atoms with Crippen molar-refractivity contribution in [3.8, 4) is 0 Å². The van der Waals surface area contributed by atoms with Gasteiger partial charge < -0.3 is 15.3 Å². The molecule has 5 heteroatoms. The van der Waals surface area contributed by atoms with Crippen molar-refractivity contribution in [3.63, 3.8) is 0 Å². The van der Waals surface area contributed by atoms with Crippen LogP contribution >= 0.6 is 0 Å². The Morgan fingerprint density at radius 3 is 2.62 bits per heavy atom. The molecule has 2 aliphatic heterocycles. The number of aliphatic hydroxyl groups excluding tert-OH is 1. The van der Waals surface area contributed by atoms with E-state index < -0.39 is 0 Å². The van der Waals surface area contributed by atoms with Crippen molar-refractivity contribution in [2.24, 2.45) is 4.99 Å². The molecule has 0 bridgehead atoms. The quantitative estimate of drug-likeness (QED) is 0.527. The number of likely N-dealkylation sites (tertiary alicyclic amines) is 1. The number of carbonyl (C=O) groups is 1. The number of hydrogen-bond donors (Lipinski definition) is 2. The van der Waals surface area contributed by atoms with Gasteiger partial charge >= 0.3 is 0 Å². The van der Waals surface area contributed by atoms with E-state index in [1.807, 2.05) is 0 Å². The molecule has 2 aliphatic rings. The molecule has 2 rings (SSSR count). The van der Waals surface area contributed by atoms with Crippen LogP contribution in [0.25, 0.3) is 0 Å². The predicted octanol–water partition coefficient (Wildman–Crippen LogP) is 0.442. The molecule has 0 unspecified atom stereocenters. The predicted molar refractivity (Wildman–Crippen MR) is 61.4 cm³/mol. The van der Waals surface area contributed by atoms with E-state index in [1.54, 1.807) is 4.90 Å². The van der Waals surface area contributed by atoms with Gasteiger partial charge in [-0.1, -0.05) is 0 Å². The topological polar surface area (TPSA) is 64.9 Å². The third-order valence-corrected chi connectivity index (χ3v) is 2.88. The lowest BCUT2D eigenvalue weighted by molar-refractivity contribution is -0.125. The summed E-state index contributed by atoms with van der Waals surface area (Å²) in [5.74, 6) is 0.479. The molecule has 88 valence electrons. The summed E-state index contributed by atoms with van der Waals surface area (Å²) in [6.07, 6.45) is 2.09. The van der Waals surface area contributed by atoms with E-state index in [1.165, 1.54) is 6.92 Å². The summed E-state index contributed by atoms with van der Waals surface area (Å²) < 4.78 is 0. The van der Waals surface area contributed by atoms with Crippen molar-refractivity contribution in [2.45, 2.75) is 19.8 Å². The van der Waals surface area contributed by atoms with Crippen LogP contribution in [0.4, 0.5) is 0 Å². The van der Waals surface area contributed by atoms with Gasteiger partial charge in [-0.2, -0.15) is 0 Å². The monoisotopic (exact) mass is 223 g/mol. The smallest absolute Gasteiger partial charge is 0.261 e. The van der Waals surface area contributed by atoms with Crippen molar-refractivity contribution >= 4 is 11.7 Å². The molecule has 0 aromatic carbocycles. The molecule has 1 amide bonds. The van der Waals surface area contributed by atoms with Gasteiger partial charge in [0.15, 0.2) is 0 Å². The highest BCUT2D eigenvalue weighted by Gasteiger charge is 2.27. The minimum atomic E-state index is -0.106. The third kappa shape index (κ3) is 2.03. The summed E-state index contributed by atoms with van der Waals surface area (Å²) in [6, 6.07) is 0. The maximum Gasteiger partial charge on any atom is 0.261 e. The van der Waals surface area contributed by atoms with E-state index in [0.29, 0.717) is 18.0 Å². The van der Waals surface area contributed by atoms with Crippen molar-refractivity contribution < 1.29 is 9.90 Å². The first-order valence-electron chi connectivity index (χ1n) is 5.68. The van der Waals surface area contributed by atoms with Crippen molar-refractivity contribution in [2.75, 3.05) is 26.2 Å². The van der Waals surface area contributed by atoms with Crippen LogP contribution in [0.3, 0.4) is 0 Å². The summed E-state index contributed by atoms with van der Waals surface area (Å²) in [7, 11) is 0. The summed E-state index contributed by atoms with van der Waals surface area (Å²) in [6.45, 7) is 4.50. The highest BCUT2D eigenvalue weighted by atomic mass is 16.3. The molecule has 0 atom stereocenters. The van der Waals surface area contributed by atoms with Gasteiger partial charge in [0.25, 0.3) is 5.91 Å². The fourth-order valence-electron chi connectivity index (χ4n) is 2.07. The van der Waals surface area contributed by atoms with Crippen LogP contribution in [0, 0.1) is 0 Å². The maximum absolute atomic E-state index is 12.2. The van der Waals surface area contributed by atoms with Crippen LogP contribution < -0.4 is 5.32 Å². The van der Waals surface area contributed by atoms with Crippen LogP contribution in [0.15, 0.2) is 16.3 Å². The molecule has 16 heavy (non-hydrogen) atoms. The van der Waals surface area contributed by atoms with Gasteiger partial charge in [0.2, 0.25) is 0 Å². The minimum absolute atomic E-state index is 0.0463. The number of allylic oxidation sites excluding steroid dienone is 1. The minimum Gasteiger partial charge on any atom is -0.512 e. The first-order chi connectivity index (χ1) is 7.70. The Hall–Kier alpha value is -1.52. The number of amides is 1. The number of carbonyl (C=O) groups excluding carboxylic acids is 1. The van der Waals surface area contributed by atoms with Gasteiger partial charge in [-0.3, -0.25) is 9.79 Å². The SMILES string of the molecule is C/C(O)=C(/C(=O)N1CCCC1)C1=NCCN1. The molecule has 0 aliphatic carbocycles. The standard InChI is InChI=1S/C11H17N3O2/c1-8(15)9(10-12-4-5-13-10)11(16)14-6-2-3-7-14/h15H,2-7H2,1H3,(H,12,13)/b9-8-. The van der Waals surface area contributed by atoms with Gasteiger partial charge in [-0.15, -0.1) is 0 Å². The largest absolute Gasteiger partial charge is 0.512 e. The number of aliphatic hydroxyl groups is 1. The highest BCUT2D eigenvalue weighted by molar-refractivity contribution is 6.21. The van der Waals surface area contributed by atoms with Crippen molar-refractivity contribution in [1.29, 1.82) is 0 Å². The Labute approximate surface area is 94.8 Å². The average Bonchev–Trinajstić information content (AvgIpc) is 2.89. The lowest BCUT2D eigenvalue weighted by atomic mass is 10.2. The number of amidine groups is 1. The van der Waals surface area contributed by atoms with Crippen LogP contribution in [0.2, 0.25) is 0 Å². The second-order valence-electron chi connectivity index (χ2n) is 4.12. The summed E-state index contributed by atoms with van der Waals surface area (Å²) in [5.41, 5.74) is 0.333. The molecule has 1 saturated heterocycles. The van der Waals surface area contributed by atoms with Crippen LogP contribution in [0.1, 0.15) is 19.8 Å². The Bertz CT molecular complexity index is 350. The lowest BCUT2D eigenvalue weighted by Crippen LogP contribution is -2.35. The summed E-state index contributed by atoms with van der Waals surface area (Å²) in [4.78, 5) is 18.1. The van der Waals surface area contributed by atoms with E-state index in [2.05, 4.69) is 10.3 Å². The molecule has 0 spiro atoms. The van der Waals surface area contributed by atoms with E-state index in [-0.39, 0.29) is 11.7 Å². The third-order valence-electron chi connectivity index (χ3n) is 2.88. The molecular weight excluding hydrogens is 206 g/mol. The molecule has 5 nitrogen and oxygen atoms in total. The molecule has 0 aromatic rings. The molecule has 2 heterocycles. The normalized spacial score (nSPS) is 21.6. The first-order valence-corrected chi connectivity index (χ1v) is 5.68. The van der Waals surface area contributed by atoms with Crippen LogP contribution in [-0.2, 0) is 4.79 Å². The van der Waals surface area contributed by atoms with Gasteiger partial charge in [0.05, 0.1) is 6.54 Å². The molecular formula is C11H17N3O2. The number of hydrogen-bond acceptors (Lipinski definition) is 4. The molecule has 2 N–H and O–H groups in total. The van der Waals surface area contributed by atoms with Crippen molar-refractivity contribution in [1.82, 2.24) is 10.2 Å². The van der Waals surface area contributed by atoms with Gasteiger partial charge in [-0.05, 0) is 19.8 Å². The fourth-order valence-corrected chi connectivity index (χ4v) is 2.07. The van der Waals surface area contributed by atoms with Gasteiger partial charge in [0, 0.05) is 19.6 Å². The Balaban J connectivity index is 2.20. The number of aliphatic imine (C=N–C) groups is 1. The second kappa shape index (κ2) is 4.55. The number of nitrogens with zero attached hydrogens (tertiary/aromatic N) is 2. The zero-order valence-electron chi connectivity index (χ0n) is 9.49. The maximum atomic E-state index is 12.2. The van der Waals surface area contributed by atoms with Crippen molar-refractivity contribution in [3.05, 3.63) is 11.3 Å². The van der Waals surface area contributed by atoms with Crippen LogP contribution in [-0.4, -0.2) is 47.9 Å². The molecule has 0 aromatic heterocycles. The van der Waals surface area contributed by atoms with Crippen LogP contribution in [0.5, 0.6) is 0 Å². The average molecular weight is 223 g/mol. The fraction of sp³-hybridized carbons (Fsp3) is 0.636. The zero-order chi connectivity index (χ0) is 11.5. The van der Waals surface area contributed by atoms with Gasteiger partial charge in [0.1, 0.15) is 17.2 Å². The zero-order valence-corrected chi connectivity index (χ0v) is 9.49. The number of rotatable bonds is 2. The Kier molecular flexibility index (Phi) is 3.12. The highest BCUT2D eigenvalue weighted by Crippen LogP contribution is 2.15. The molecule has 0 radical (unpaired) electrons. The second-order valence-corrected chi connectivity index (χ2v) is 4.12. The van der Waals surface area contributed by atoms with E-state index in [0.717, 1.165) is 32.5 Å². The van der Waals surface area contributed by atoms with Gasteiger partial charge in [-0.25, -0.2) is 0 Å². The first kappa shape index (κ1) is 11.0. The summed E-state index contributed by atoms with van der Waals surface area (Å²) in [5, 5.41) is 12.6. The molecule has 0 saturated carbocycles. The van der Waals surface area contributed by atoms with E-state index in [4.69, 9.17) is 0 Å².